The van der Waals surface area contributed by atoms with E-state index in [0.29, 0.717) is 27.6 Å². The number of halogens is 2. The van der Waals surface area contributed by atoms with E-state index in [0.717, 1.165) is 0 Å². The first kappa shape index (κ1) is 13.7. The van der Waals surface area contributed by atoms with Crippen LogP contribution in [-0.2, 0) is 0 Å². The van der Waals surface area contributed by atoms with Crippen LogP contribution in [0.3, 0.4) is 0 Å². The highest BCUT2D eigenvalue weighted by molar-refractivity contribution is 7.13. The molecule has 1 aromatic heterocycles. The largest absolute Gasteiger partial charge is 0.496 e. The average Bonchev–Trinajstić information content (AvgIpc) is 2.97. The highest BCUT2D eigenvalue weighted by atomic mass is 32.1. The molecule has 0 radical (unpaired) electrons. The molecule has 5 heteroatoms. The number of hydrogen-bond acceptors (Lipinski definition) is 3. The molecule has 0 N–H and O–H groups in total. The van der Waals surface area contributed by atoms with Crippen molar-refractivity contribution in [2.75, 3.05) is 7.11 Å². The van der Waals surface area contributed by atoms with E-state index >= 15 is 0 Å². The highest BCUT2D eigenvalue weighted by Crippen LogP contribution is 2.34. The smallest absolute Gasteiger partial charge is 0.128 e. The van der Waals surface area contributed by atoms with Gasteiger partial charge in [0.2, 0.25) is 0 Å². The van der Waals surface area contributed by atoms with Crippen LogP contribution in [0.5, 0.6) is 5.75 Å². The summed E-state index contributed by atoms with van der Waals surface area (Å²) in [4.78, 5) is 4.45. The molecule has 3 aromatic rings. The number of aromatic nitrogens is 1. The third-order valence-electron chi connectivity index (χ3n) is 3.01. The van der Waals surface area contributed by atoms with Crippen LogP contribution in [0.1, 0.15) is 0 Å². The summed E-state index contributed by atoms with van der Waals surface area (Å²) in [6, 6.07) is 10.5. The zero-order valence-electron chi connectivity index (χ0n) is 11.1. The maximum absolute atomic E-state index is 13.4. The molecule has 2 nitrogen and oxygen atoms in total. The number of methoxy groups -OCH3 is 1. The second-order valence-electron chi connectivity index (χ2n) is 4.39. The first-order valence-corrected chi connectivity index (χ1v) is 7.11. The molecule has 2 aromatic carbocycles. The van der Waals surface area contributed by atoms with Crippen molar-refractivity contribution in [3.63, 3.8) is 0 Å². The van der Waals surface area contributed by atoms with Crippen LogP contribution in [0, 0.1) is 11.6 Å². The Morgan fingerprint density at radius 1 is 1.05 bits per heavy atom. The maximum atomic E-state index is 13.4. The lowest BCUT2D eigenvalue weighted by atomic mass is 10.1. The third kappa shape index (κ3) is 2.78. The van der Waals surface area contributed by atoms with E-state index in [1.54, 1.807) is 23.6 Å². The zero-order chi connectivity index (χ0) is 14.8. The number of benzene rings is 2. The van der Waals surface area contributed by atoms with Crippen molar-refractivity contribution in [3.05, 3.63) is 59.5 Å². The van der Waals surface area contributed by atoms with E-state index in [9.17, 15) is 8.78 Å². The number of ether oxygens (including phenoxy) is 1. The zero-order valence-corrected chi connectivity index (χ0v) is 12.0. The molecule has 1 heterocycles. The SMILES string of the molecule is COc1ccc(F)cc1-c1csc(-c2cccc(F)c2)n1. The lowest BCUT2D eigenvalue weighted by molar-refractivity contribution is 0.415. The van der Waals surface area contributed by atoms with Gasteiger partial charge in [0.15, 0.2) is 0 Å². The summed E-state index contributed by atoms with van der Waals surface area (Å²) in [5.74, 6) is -0.119. The minimum Gasteiger partial charge on any atom is -0.496 e. The predicted octanol–water partition coefficient (Wildman–Crippen LogP) is 4.76. The van der Waals surface area contributed by atoms with Gasteiger partial charge in [0.1, 0.15) is 22.4 Å². The fourth-order valence-electron chi connectivity index (χ4n) is 2.03. The van der Waals surface area contributed by atoms with E-state index in [1.165, 1.54) is 42.7 Å². The van der Waals surface area contributed by atoms with Gasteiger partial charge in [-0.25, -0.2) is 13.8 Å². The summed E-state index contributed by atoms with van der Waals surface area (Å²) in [5, 5.41) is 2.48. The Morgan fingerprint density at radius 2 is 1.86 bits per heavy atom. The van der Waals surface area contributed by atoms with Gasteiger partial charge in [0.05, 0.1) is 12.8 Å². The molecule has 0 bridgehead atoms. The molecular weight excluding hydrogens is 292 g/mol. The molecule has 0 saturated heterocycles. The van der Waals surface area contributed by atoms with Gasteiger partial charge >= 0.3 is 0 Å². The summed E-state index contributed by atoms with van der Waals surface area (Å²) >= 11 is 1.38. The van der Waals surface area contributed by atoms with E-state index in [2.05, 4.69) is 4.98 Å². The van der Waals surface area contributed by atoms with Gasteiger partial charge in [-0.15, -0.1) is 11.3 Å². The second kappa shape index (κ2) is 5.61. The molecule has 0 aliphatic carbocycles. The van der Waals surface area contributed by atoms with Crippen molar-refractivity contribution >= 4 is 11.3 Å². The van der Waals surface area contributed by atoms with Crippen molar-refractivity contribution in [2.24, 2.45) is 0 Å². The minimum absolute atomic E-state index is 0.312. The highest BCUT2D eigenvalue weighted by Gasteiger charge is 2.12. The monoisotopic (exact) mass is 303 g/mol. The molecule has 0 unspecified atom stereocenters. The lowest BCUT2D eigenvalue weighted by Crippen LogP contribution is -1.89. The first-order valence-electron chi connectivity index (χ1n) is 6.23. The normalized spacial score (nSPS) is 10.6. The van der Waals surface area contributed by atoms with Gasteiger partial charge in [0, 0.05) is 16.5 Å². The molecule has 3 rings (SSSR count). The summed E-state index contributed by atoms with van der Waals surface area (Å²) in [5.41, 5.74) is 1.88. The van der Waals surface area contributed by atoms with Gasteiger partial charge in [-0.3, -0.25) is 0 Å². The Balaban J connectivity index is 2.04. The van der Waals surface area contributed by atoms with Crippen molar-refractivity contribution < 1.29 is 13.5 Å². The van der Waals surface area contributed by atoms with Crippen LogP contribution < -0.4 is 4.74 Å². The van der Waals surface area contributed by atoms with Gasteiger partial charge in [-0.05, 0) is 30.3 Å². The molecule has 0 saturated carbocycles. The molecule has 0 amide bonds. The van der Waals surface area contributed by atoms with Crippen LogP contribution in [0.15, 0.2) is 47.8 Å². The quantitative estimate of drug-likeness (QED) is 0.695. The fraction of sp³-hybridized carbons (Fsp3) is 0.0625. The summed E-state index contributed by atoms with van der Waals surface area (Å²) < 4.78 is 31.9. The predicted molar refractivity (Wildman–Crippen MR) is 79.5 cm³/mol. The molecule has 0 aliphatic heterocycles. The van der Waals surface area contributed by atoms with Crippen molar-refractivity contribution in [1.29, 1.82) is 0 Å². The summed E-state index contributed by atoms with van der Waals surface area (Å²) in [6.45, 7) is 0. The van der Waals surface area contributed by atoms with Gasteiger partial charge in [-0.2, -0.15) is 0 Å². The van der Waals surface area contributed by atoms with E-state index in [-0.39, 0.29) is 11.6 Å². The first-order chi connectivity index (χ1) is 10.2. The fourth-order valence-corrected chi connectivity index (χ4v) is 2.85. The van der Waals surface area contributed by atoms with Gasteiger partial charge in [0.25, 0.3) is 0 Å². The maximum Gasteiger partial charge on any atom is 0.128 e. The minimum atomic E-state index is -0.355. The van der Waals surface area contributed by atoms with Crippen molar-refractivity contribution in [3.8, 4) is 27.6 Å². The molecule has 0 atom stereocenters. The van der Waals surface area contributed by atoms with Gasteiger partial charge in [-0.1, -0.05) is 12.1 Å². The second-order valence-corrected chi connectivity index (χ2v) is 5.25. The van der Waals surface area contributed by atoms with Crippen LogP contribution in [0.25, 0.3) is 21.8 Å². The van der Waals surface area contributed by atoms with Crippen LogP contribution in [0.4, 0.5) is 8.78 Å². The molecule has 21 heavy (non-hydrogen) atoms. The van der Waals surface area contributed by atoms with Gasteiger partial charge < -0.3 is 4.74 Å². The molecule has 0 spiro atoms. The topological polar surface area (TPSA) is 22.1 Å². The Morgan fingerprint density at radius 3 is 2.62 bits per heavy atom. The van der Waals surface area contributed by atoms with E-state index in [4.69, 9.17) is 4.74 Å². The lowest BCUT2D eigenvalue weighted by Gasteiger charge is -2.05. The number of hydrogen-bond donors (Lipinski definition) is 0. The number of nitrogens with zero attached hydrogens (tertiary/aromatic N) is 1. The molecule has 0 aliphatic rings. The number of thiazole rings is 1. The molecular formula is C16H11F2NOS. The van der Waals surface area contributed by atoms with Crippen molar-refractivity contribution in [1.82, 2.24) is 4.98 Å². The Kier molecular flexibility index (Phi) is 3.66. The Bertz CT molecular complexity index is 785. The average molecular weight is 303 g/mol. The standard InChI is InChI=1S/C16H11F2NOS/c1-20-15-6-5-12(18)8-13(15)14-9-21-16(19-14)10-3-2-4-11(17)7-10/h2-9H,1H3. The van der Waals surface area contributed by atoms with E-state index in [1.807, 2.05) is 0 Å². The number of rotatable bonds is 3. The summed E-state index contributed by atoms with van der Waals surface area (Å²) in [6.07, 6.45) is 0. The Labute approximate surface area is 124 Å². The van der Waals surface area contributed by atoms with Crippen LogP contribution in [-0.4, -0.2) is 12.1 Å². The van der Waals surface area contributed by atoms with Crippen molar-refractivity contribution in [2.45, 2.75) is 0 Å². The van der Waals surface area contributed by atoms with E-state index < -0.39 is 0 Å². The van der Waals surface area contributed by atoms with Crippen LogP contribution in [0.2, 0.25) is 0 Å². The van der Waals surface area contributed by atoms with Crippen LogP contribution >= 0.6 is 11.3 Å². The summed E-state index contributed by atoms with van der Waals surface area (Å²) in [7, 11) is 1.52. The third-order valence-corrected chi connectivity index (χ3v) is 3.90. The Hall–Kier alpha value is -2.27. The molecule has 0 fully saturated rings. The molecule has 106 valence electrons.